The Morgan fingerprint density at radius 3 is 2.55 bits per heavy atom. The molecule has 31 heavy (non-hydrogen) atoms. The number of nitrogens with one attached hydrogen (secondary N) is 1. The van der Waals surface area contributed by atoms with Gasteiger partial charge >= 0.3 is 5.69 Å². The van der Waals surface area contributed by atoms with Crippen molar-refractivity contribution in [2.75, 3.05) is 17.2 Å². The Morgan fingerprint density at radius 2 is 1.97 bits per heavy atom. The predicted octanol–water partition coefficient (Wildman–Crippen LogP) is 3.37. The molecule has 0 saturated heterocycles. The van der Waals surface area contributed by atoms with Crippen LogP contribution in [0.3, 0.4) is 0 Å². The van der Waals surface area contributed by atoms with E-state index in [0.717, 1.165) is 37.1 Å². The monoisotopic (exact) mass is 429 g/mol. The van der Waals surface area contributed by atoms with Crippen molar-refractivity contribution in [3.63, 3.8) is 0 Å². The zero-order valence-electron chi connectivity index (χ0n) is 19.3. The van der Waals surface area contributed by atoms with Crippen molar-refractivity contribution in [3.8, 4) is 0 Å². The fraction of sp³-hybridized carbons (Fsp3) is 0.609. The van der Waals surface area contributed by atoms with Gasteiger partial charge in [-0.1, -0.05) is 27.2 Å². The third-order valence-electron chi connectivity index (χ3n) is 6.02. The van der Waals surface area contributed by atoms with Gasteiger partial charge in [0, 0.05) is 30.5 Å². The lowest BCUT2D eigenvalue weighted by Gasteiger charge is -2.25. The number of amides is 1. The molecule has 1 saturated carbocycles. The van der Waals surface area contributed by atoms with Crippen molar-refractivity contribution in [2.45, 2.75) is 79.3 Å². The van der Waals surface area contributed by atoms with E-state index in [4.69, 9.17) is 5.73 Å². The Kier molecular flexibility index (Phi) is 6.77. The standard InChI is InChI=1S/C23H35N5O3/c1-6-7-11-27-20(24)19(21(29)25-23(27)31)26(12-10-14(2)3)22(30)18-13-15(4)28(16(18)5)17-8-9-17/h13-14,17H,6-12,24H2,1-5H3,(H,25,29,31). The van der Waals surface area contributed by atoms with Crippen molar-refractivity contribution in [1.82, 2.24) is 14.1 Å². The second kappa shape index (κ2) is 9.16. The van der Waals surface area contributed by atoms with Gasteiger partial charge in [0.1, 0.15) is 5.82 Å². The van der Waals surface area contributed by atoms with Gasteiger partial charge in [0.25, 0.3) is 11.5 Å². The number of aromatic amines is 1. The van der Waals surface area contributed by atoms with Crippen LogP contribution < -0.4 is 21.9 Å². The van der Waals surface area contributed by atoms with Gasteiger partial charge in [0.05, 0.1) is 5.56 Å². The summed E-state index contributed by atoms with van der Waals surface area (Å²) in [5.74, 6) is 0.134. The number of hydrogen-bond acceptors (Lipinski definition) is 4. The number of H-pyrrole nitrogens is 1. The first kappa shape index (κ1) is 22.9. The molecule has 0 bridgehead atoms. The van der Waals surface area contributed by atoms with E-state index in [9.17, 15) is 14.4 Å². The van der Waals surface area contributed by atoms with E-state index in [2.05, 4.69) is 23.4 Å². The van der Waals surface area contributed by atoms with Crippen LogP contribution in [0.1, 0.15) is 80.7 Å². The highest BCUT2D eigenvalue weighted by atomic mass is 16.2. The van der Waals surface area contributed by atoms with Crippen molar-refractivity contribution in [1.29, 1.82) is 0 Å². The average molecular weight is 430 g/mol. The molecule has 3 rings (SSSR count). The first-order chi connectivity index (χ1) is 14.7. The first-order valence-electron chi connectivity index (χ1n) is 11.3. The largest absolute Gasteiger partial charge is 0.383 e. The van der Waals surface area contributed by atoms with Gasteiger partial charge in [-0.15, -0.1) is 0 Å². The summed E-state index contributed by atoms with van der Waals surface area (Å²) in [7, 11) is 0. The number of anilines is 2. The maximum Gasteiger partial charge on any atom is 0.330 e. The molecule has 0 radical (unpaired) electrons. The van der Waals surface area contributed by atoms with E-state index < -0.39 is 11.2 Å². The lowest BCUT2D eigenvalue weighted by atomic mass is 10.1. The second-order valence-electron chi connectivity index (χ2n) is 9.02. The molecule has 0 spiro atoms. The smallest absolute Gasteiger partial charge is 0.330 e. The van der Waals surface area contributed by atoms with Crippen LogP contribution in [0.5, 0.6) is 0 Å². The van der Waals surface area contributed by atoms with Crippen LogP contribution in [0.4, 0.5) is 11.5 Å². The van der Waals surface area contributed by atoms with Crippen molar-refractivity contribution in [2.24, 2.45) is 5.92 Å². The molecule has 3 N–H and O–H groups in total. The summed E-state index contributed by atoms with van der Waals surface area (Å²) in [4.78, 5) is 42.7. The van der Waals surface area contributed by atoms with Gasteiger partial charge in [-0.2, -0.15) is 0 Å². The molecule has 2 heterocycles. The van der Waals surface area contributed by atoms with Gasteiger partial charge < -0.3 is 15.2 Å². The SMILES string of the molecule is CCCCn1c(N)c(N(CCC(C)C)C(=O)c2cc(C)n(C3CC3)c2C)c(=O)[nH]c1=O. The van der Waals surface area contributed by atoms with Gasteiger partial charge in [-0.25, -0.2) is 4.79 Å². The summed E-state index contributed by atoms with van der Waals surface area (Å²) < 4.78 is 3.58. The molecule has 1 aliphatic rings. The van der Waals surface area contributed by atoms with Crippen LogP contribution in [0.25, 0.3) is 0 Å². The van der Waals surface area contributed by atoms with Crippen LogP contribution in [-0.2, 0) is 6.54 Å². The van der Waals surface area contributed by atoms with Crippen LogP contribution in [0.15, 0.2) is 15.7 Å². The molecular weight excluding hydrogens is 394 g/mol. The third kappa shape index (κ3) is 4.62. The van der Waals surface area contributed by atoms with E-state index in [1.807, 2.05) is 26.8 Å². The van der Waals surface area contributed by atoms with Gasteiger partial charge in [-0.05, 0) is 51.5 Å². The molecular formula is C23H35N5O3. The second-order valence-corrected chi connectivity index (χ2v) is 9.02. The van der Waals surface area contributed by atoms with E-state index in [0.29, 0.717) is 37.0 Å². The van der Waals surface area contributed by atoms with Crippen molar-refractivity contribution >= 4 is 17.4 Å². The summed E-state index contributed by atoms with van der Waals surface area (Å²) in [6.07, 6.45) is 4.58. The average Bonchev–Trinajstić information content (AvgIpc) is 3.48. The third-order valence-corrected chi connectivity index (χ3v) is 6.02. The normalized spacial score (nSPS) is 13.7. The van der Waals surface area contributed by atoms with Gasteiger partial charge in [0.2, 0.25) is 0 Å². The molecule has 0 aliphatic heterocycles. The summed E-state index contributed by atoms with van der Waals surface area (Å²) in [6, 6.07) is 2.35. The molecule has 2 aromatic heterocycles. The van der Waals surface area contributed by atoms with Crippen LogP contribution in [0.2, 0.25) is 0 Å². The Bertz CT molecular complexity index is 1070. The predicted molar refractivity (Wildman–Crippen MR) is 124 cm³/mol. The van der Waals surface area contributed by atoms with E-state index in [1.165, 1.54) is 9.47 Å². The highest BCUT2D eigenvalue weighted by Crippen LogP contribution is 2.38. The molecule has 8 heteroatoms. The topological polar surface area (TPSA) is 106 Å². The minimum Gasteiger partial charge on any atom is -0.383 e. The number of hydrogen-bond donors (Lipinski definition) is 2. The fourth-order valence-corrected chi connectivity index (χ4v) is 4.11. The Balaban J connectivity index is 2.10. The highest BCUT2D eigenvalue weighted by Gasteiger charge is 2.31. The van der Waals surface area contributed by atoms with Crippen molar-refractivity contribution < 1.29 is 4.79 Å². The molecule has 1 aliphatic carbocycles. The maximum atomic E-state index is 13.7. The minimum absolute atomic E-state index is 0.0512. The summed E-state index contributed by atoms with van der Waals surface area (Å²) >= 11 is 0. The van der Waals surface area contributed by atoms with E-state index in [1.54, 1.807) is 0 Å². The lowest BCUT2D eigenvalue weighted by Crippen LogP contribution is -2.42. The lowest BCUT2D eigenvalue weighted by molar-refractivity contribution is 0.0984. The summed E-state index contributed by atoms with van der Waals surface area (Å²) in [6.45, 7) is 10.9. The number of aromatic nitrogens is 3. The number of aryl methyl sites for hydroxylation is 1. The number of nitrogens with zero attached hydrogens (tertiary/aromatic N) is 3. The summed E-state index contributed by atoms with van der Waals surface area (Å²) in [5, 5.41) is 0. The Labute approximate surface area is 183 Å². The van der Waals surface area contributed by atoms with Crippen molar-refractivity contribution in [3.05, 3.63) is 43.9 Å². The maximum absolute atomic E-state index is 13.7. The quantitative estimate of drug-likeness (QED) is 0.637. The Hall–Kier alpha value is -2.77. The molecule has 170 valence electrons. The number of nitrogen functional groups attached to an aromatic ring is 1. The Morgan fingerprint density at radius 1 is 1.29 bits per heavy atom. The summed E-state index contributed by atoms with van der Waals surface area (Å²) in [5.41, 5.74) is 7.77. The molecule has 0 aromatic carbocycles. The first-order valence-corrected chi connectivity index (χ1v) is 11.3. The van der Waals surface area contributed by atoms with Gasteiger partial charge in [0.15, 0.2) is 5.69 Å². The molecule has 1 fully saturated rings. The highest BCUT2D eigenvalue weighted by molar-refractivity contribution is 6.08. The molecule has 1 amide bonds. The van der Waals surface area contributed by atoms with Crippen LogP contribution >= 0.6 is 0 Å². The van der Waals surface area contributed by atoms with E-state index >= 15 is 0 Å². The number of nitrogens with two attached hydrogens (primary N) is 1. The number of unbranched alkanes of at least 4 members (excludes halogenated alkanes) is 1. The zero-order valence-corrected chi connectivity index (χ0v) is 19.3. The van der Waals surface area contributed by atoms with Crippen LogP contribution in [-0.4, -0.2) is 26.6 Å². The molecule has 8 nitrogen and oxygen atoms in total. The molecule has 2 aromatic rings. The number of rotatable bonds is 9. The molecule has 0 atom stereocenters. The van der Waals surface area contributed by atoms with Crippen LogP contribution in [0, 0.1) is 19.8 Å². The zero-order chi connectivity index (χ0) is 22.9. The van der Waals surface area contributed by atoms with E-state index in [-0.39, 0.29) is 17.4 Å². The number of carbonyl (C=O) groups is 1. The van der Waals surface area contributed by atoms with Gasteiger partial charge in [-0.3, -0.25) is 19.1 Å². The molecule has 0 unspecified atom stereocenters. The number of carbonyl (C=O) groups excluding carboxylic acids is 1. The minimum atomic E-state index is -0.622. The fourth-order valence-electron chi connectivity index (χ4n) is 4.11.